The molecule has 0 saturated heterocycles. The molecule has 0 unspecified atom stereocenters. The highest BCUT2D eigenvalue weighted by molar-refractivity contribution is 7.22. The first-order chi connectivity index (χ1) is 12.9. The smallest absolute Gasteiger partial charge is 0.261 e. The van der Waals surface area contributed by atoms with E-state index in [1.165, 1.54) is 11.1 Å². The van der Waals surface area contributed by atoms with Crippen molar-refractivity contribution in [3.05, 3.63) is 58.1 Å². The minimum atomic E-state index is -0.105. The molecule has 0 radical (unpaired) electrons. The van der Waals surface area contributed by atoms with Crippen LogP contribution in [0.25, 0.3) is 10.2 Å². The third kappa shape index (κ3) is 4.49. The van der Waals surface area contributed by atoms with Crippen LogP contribution in [0.3, 0.4) is 0 Å². The minimum Gasteiger partial charge on any atom is -0.309 e. The maximum absolute atomic E-state index is 13.2. The summed E-state index contributed by atoms with van der Waals surface area (Å²) in [5.41, 5.74) is 3.88. The molecule has 0 aliphatic heterocycles. The van der Waals surface area contributed by atoms with Crippen LogP contribution in [0.2, 0.25) is 5.02 Å². The Morgan fingerprint density at radius 1 is 1.11 bits per heavy atom. The van der Waals surface area contributed by atoms with Gasteiger partial charge in [0.1, 0.15) is 0 Å². The maximum Gasteiger partial charge on any atom is 0.261 e. The lowest BCUT2D eigenvalue weighted by molar-refractivity contribution is 0.0986. The van der Waals surface area contributed by atoms with E-state index in [1.54, 1.807) is 28.4 Å². The average molecular weight is 402 g/mol. The topological polar surface area (TPSA) is 36.4 Å². The fourth-order valence-electron chi connectivity index (χ4n) is 2.89. The van der Waals surface area contributed by atoms with E-state index >= 15 is 0 Å². The quantitative estimate of drug-likeness (QED) is 0.572. The molecule has 1 heterocycles. The number of hydrogen-bond donors (Lipinski definition) is 0. The molecule has 0 atom stereocenters. The molecule has 6 heteroatoms. The Bertz CT molecular complexity index is 928. The van der Waals surface area contributed by atoms with Gasteiger partial charge in [-0.3, -0.25) is 9.69 Å². The maximum atomic E-state index is 13.2. The van der Waals surface area contributed by atoms with Crippen molar-refractivity contribution >= 4 is 44.2 Å². The number of thiazole rings is 1. The van der Waals surface area contributed by atoms with Crippen molar-refractivity contribution in [1.29, 1.82) is 0 Å². The van der Waals surface area contributed by atoms with Crippen LogP contribution in [0, 0.1) is 13.8 Å². The Hall–Kier alpha value is -1.95. The molecule has 0 spiro atoms. The molecule has 3 rings (SSSR count). The lowest BCUT2D eigenvalue weighted by atomic mass is 10.1. The fourth-order valence-corrected chi connectivity index (χ4v) is 4.18. The van der Waals surface area contributed by atoms with Gasteiger partial charge in [-0.1, -0.05) is 35.1 Å². The van der Waals surface area contributed by atoms with Crippen LogP contribution in [-0.4, -0.2) is 43.0 Å². The number of anilines is 1. The standard InChI is InChI=1S/C21H24ClN3OS/c1-14-12-18-19(13-15(14)2)27-21(23-18)25(11-7-10-24(3)4)20(26)16-8-5-6-9-17(16)22/h5-6,8-9,12-13H,7,10-11H2,1-4H3. The summed E-state index contributed by atoms with van der Waals surface area (Å²) in [6, 6.07) is 11.4. The van der Waals surface area contributed by atoms with Gasteiger partial charge in [-0.2, -0.15) is 0 Å². The number of hydrogen-bond acceptors (Lipinski definition) is 4. The molecule has 0 aliphatic rings. The Kier molecular flexibility index (Phi) is 6.15. The second-order valence-electron chi connectivity index (χ2n) is 6.99. The molecule has 27 heavy (non-hydrogen) atoms. The van der Waals surface area contributed by atoms with Gasteiger partial charge in [-0.15, -0.1) is 0 Å². The van der Waals surface area contributed by atoms with Crippen LogP contribution >= 0.6 is 22.9 Å². The molecule has 4 nitrogen and oxygen atoms in total. The average Bonchev–Trinajstić information content (AvgIpc) is 3.01. The van der Waals surface area contributed by atoms with Crippen molar-refractivity contribution in [2.45, 2.75) is 20.3 Å². The van der Waals surface area contributed by atoms with Gasteiger partial charge in [0.2, 0.25) is 0 Å². The number of nitrogens with zero attached hydrogens (tertiary/aromatic N) is 3. The summed E-state index contributed by atoms with van der Waals surface area (Å²) in [5.74, 6) is -0.105. The molecule has 1 amide bonds. The Morgan fingerprint density at radius 3 is 2.52 bits per heavy atom. The molecule has 0 N–H and O–H groups in total. The van der Waals surface area contributed by atoms with Gasteiger partial charge >= 0.3 is 0 Å². The van der Waals surface area contributed by atoms with Gasteiger partial charge in [-0.05, 0) is 76.3 Å². The molecule has 3 aromatic rings. The van der Waals surface area contributed by atoms with Gasteiger partial charge in [0.25, 0.3) is 5.91 Å². The number of carbonyl (C=O) groups excluding carboxylic acids is 1. The number of amides is 1. The molecular weight excluding hydrogens is 378 g/mol. The minimum absolute atomic E-state index is 0.105. The summed E-state index contributed by atoms with van der Waals surface area (Å²) in [7, 11) is 4.06. The van der Waals surface area contributed by atoms with Gasteiger partial charge in [0.05, 0.1) is 20.8 Å². The first kappa shape index (κ1) is 19.8. The van der Waals surface area contributed by atoms with Crippen molar-refractivity contribution in [3.8, 4) is 0 Å². The monoisotopic (exact) mass is 401 g/mol. The van der Waals surface area contributed by atoms with Crippen LogP contribution in [0.5, 0.6) is 0 Å². The van der Waals surface area contributed by atoms with Crippen molar-refractivity contribution in [2.75, 3.05) is 32.1 Å². The molecule has 1 aromatic heterocycles. The number of fused-ring (bicyclic) bond motifs is 1. The van der Waals surface area contributed by atoms with Crippen LogP contribution < -0.4 is 4.90 Å². The predicted octanol–water partition coefficient (Wildman–Crippen LogP) is 5.17. The Balaban J connectivity index is 1.98. The number of halogens is 1. The number of carbonyl (C=O) groups is 1. The third-order valence-corrected chi connectivity index (χ3v) is 5.93. The van der Waals surface area contributed by atoms with Crippen LogP contribution in [0.1, 0.15) is 27.9 Å². The van der Waals surface area contributed by atoms with Gasteiger partial charge in [0, 0.05) is 6.54 Å². The van der Waals surface area contributed by atoms with E-state index in [0.29, 0.717) is 17.1 Å². The summed E-state index contributed by atoms with van der Waals surface area (Å²) in [5, 5.41) is 1.19. The second-order valence-corrected chi connectivity index (χ2v) is 8.41. The molecule has 0 aliphatic carbocycles. The summed E-state index contributed by atoms with van der Waals surface area (Å²) in [6.45, 7) is 5.67. The number of rotatable bonds is 6. The largest absolute Gasteiger partial charge is 0.309 e. The highest BCUT2D eigenvalue weighted by Gasteiger charge is 2.23. The highest BCUT2D eigenvalue weighted by atomic mass is 35.5. The van der Waals surface area contributed by atoms with E-state index < -0.39 is 0 Å². The number of aryl methyl sites for hydroxylation is 2. The lowest BCUT2D eigenvalue weighted by Gasteiger charge is -2.21. The molecular formula is C21H24ClN3OS. The van der Waals surface area contributed by atoms with Gasteiger partial charge in [0.15, 0.2) is 5.13 Å². The predicted molar refractivity (Wildman–Crippen MR) is 115 cm³/mol. The van der Waals surface area contributed by atoms with Gasteiger partial charge < -0.3 is 4.90 Å². The van der Waals surface area contributed by atoms with Gasteiger partial charge in [-0.25, -0.2) is 4.98 Å². The van der Waals surface area contributed by atoms with E-state index in [2.05, 4.69) is 30.9 Å². The Morgan fingerprint density at radius 2 is 1.81 bits per heavy atom. The van der Waals surface area contributed by atoms with Crippen molar-refractivity contribution in [2.24, 2.45) is 0 Å². The summed E-state index contributed by atoms with van der Waals surface area (Å²) >= 11 is 7.84. The highest BCUT2D eigenvalue weighted by Crippen LogP contribution is 2.32. The third-order valence-electron chi connectivity index (χ3n) is 4.56. The normalized spacial score (nSPS) is 11.3. The van der Waals surface area contributed by atoms with E-state index in [0.717, 1.165) is 28.3 Å². The second kappa shape index (κ2) is 8.38. The lowest BCUT2D eigenvalue weighted by Crippen LogP contribution is -2.33. The zero-order valence-corrected chi connectivity index (χ0v) is 17.7. The van der Waals surface area contributed by atoms with Crippen LogP contribution in [0.4, 0.5) is 5.13 Å². The number of aromatic nitrogens is 1. The van der Waals surface area contributed by atoms with E-state index in [-0.39, 0.29) is 5.91 Å². The summed E-state index contributed by atoms with van der Waals surface area (Å²) in [4.78, 5) is 21.9. The SMILES string of the molecule is Cc1cc2nc(N(CCCN(C)C)C(=O)c3ccccc3Cl)sc2cc1C. The molecule has 142 valence electrons. The van der Waals surface area contributed by atoms with Crippen LogP contribution in [0.15, 0.2) is 36.4 Å². The van der Waals surface area contributed by atoms with Crippen molar-refractivity contribution < 1.29 is 4.79 Å². The van der Waals surface area contributed by atoms with E-state index in [1.807, 2.05) is 26.2 Å². The van der Waals surface area contributed by atoms with E-state index in [4.69, 9.17) is 16.6 Å². The van der Waals surface area contributed by atoms with Crippen LogP contribution in [-0.2, 0) is 0 Å². The zero-order chi connectivity index (χ0) is 19.6. The summed E-state index contributed by atoms with van der Waals surface area (Å²) < 4.78 is 1.10. The summed E-state index contributed by atoms with van der Waals surface area (Å²) in [6.07, 6.45) is 0.858. The zero-order valence-electron chi connectivity index (χ0n) is 16.1. The Labute approximate surface area is 169 Å². The molecule has 0 fully saturated rings. The first-order valence-corrected chi connectivity index (χ1v) is 10.1. The van der Waals surface area contributed by atoms with Crippen molar-refractivity contribution in [1.82, 2.24) is 9.88 Å². The molecule has 0 bridgehead atoms. The molecule has 0 saturated carbocycles. The fraction of sp³-hybridized carbons (Fsp3) is 0.333. The van der Waals surface area contributed by atoms with E-state index in [9.17, 15) is 4.79 Å². The first-order valence-electron chi connectivity index (χ1n) is 8.95. The molecule has 2 aromatic carbocycles. The van der Waals surface area contributed by atoms with Crippen molar-refractivity contribution in [3.63, 3.8) is 0 Å². The number of benzene rings is 2.